The van der Waals surface area contributed by atoms with Gasteiger partial charge < -0.3 is 29.0 Å². The molecular weight excluding hydrogens is 464 g/mol. The minimum Gasteiger partial charge on any atom is -0.497 e. The summed E-state index contributed by atoms with van der Waals surface area (Å²) in [5.74, 6) is 1.32. The Morgan fingerprint density at radius 2 is 1.43 bits per heavy atom. The molecular formula is C27H28N2O5S. The number of hydrogen-bond acceptors (Lipinski definition) is 7. The number of imidazole rings is 1. The predicted octanol–water partition coefficient (Wildman–Crippen LogP) is 4.73. The monoisotopic (exact) mass is 492 g/mol. The lowest BCUT2D eigenvalue weighted by molar-refractivity contribution is 0.0511. The fourth-order valence-electron chi connectivity index (χ4n) is 3.70. The van der Waals surface area contributed by atoms with Crippen molar-refractivity contribution in [2.45, 2.75) is 22.3 Å². The number of nitrogens with zero attached hydrogens (tertiary/aromatic N) is 2. The molecule has 0 spiro atoms. The smallest absolute Gasteiger partial charge is 0.188 e. The van der Waals surface area contributed by atoms with E-state index in [0.29, 0.717) is 39.2 Å². The second-order valence-corrected chi connectivity index (χ2v) is 8.88. The van der Waals surface area contributed by atoms with Crippen molar-refractivity contribution in [1.82, 2.24) is 9.55 Å². The summed E-state index contributed by atoms with van der Waals surface area (Å²) in [6.45, 7) is 0.141. The van der Waals surface area contributed by atoms with Crippen molar-refractivity contribution < 1.29 is 24.4 Å². The first kappa shape index (κ1) is 24.8. The highest BCUT2D eigenvalue weighted by molar-refractivity contribution is 7.99. The molecule has 7 nitrogen and oxygen atoms in total. The summed E-state index contributed by atoms with van der Waals surface area (Å²) in [6, 6.07) is 24.1. The van der Waals surface area contributed by atoms with Crippen molar-refractivity contribution in [3.63, 3.8) is 0 Å². The van der Waals surface area contributed by atoms with Crippen LogP contribution in [0.5, 0.6) is 11.5 Å². The molecule has 1 heterocycles. The van der Waals surface area contributed by atoms with Gasteiger partial charge >= 0.3 is 0 Å². The van der Waals surface area contributed by atoms with Crippen LogP contribution in [0.3, 0.4) is 0 Å². The van der Waals surface area contributed by atoms with Crippen molar-refractivity contribution in [3.05, 3.63) is 101 Å². The fraction of sp³-hybridized carbons (Fsp3) is 0.222. The topological polar surface area (TPSA) is 86.0 Å². The highest BCUT2D eigenvalue weighted by Crippen LogP contribution is 2.37. The van der Waals surface area contributed by atoms with Crippen molar-refractivity contribution in [1.29, 1.82) is 0 Å². The normalized spacial score (nSPS) is 12.8. The lowest BCUT2D eigenvalue weighted by Gasteiger charge is -2.18. The van der Waals surface area contributed by atoms with E-state index in [4.69, 9.17) is 19.2 Å². The van der Waals surface area contributed by atoms with Crippen molar-refractivity contribution in [3.8, 4) is 11.5 Å². The second kappa shape index (κ2) is 11.4. The predicted molar refractivity (Wildman–Crippen MR) is 134 cm³/mol. The molecule has 0 amide bonds. The molecule has 0 aliphatic rings. The highest BCUT2D eigenvalue weighted by Gasteiger charge is 2.28. The number of aliphatic hydroxyl groups is 2. The standard InChI is InChI=1S/C27H28N2O5S/c1-29-24(26(31)19-11-15-21(16-12-19)34-17-32-2)23(25(30)18-9-13-20(33-3)14-10-18)28-27(29)35-22-7-5-4-6-8-22/h4-16,25-26,30-31H,17H2,1-3H3. The van der Waals surface area contributed by atoms with E-state index in [9.17, 15) is 10.2 Å². The summed E-state index contributed by atoms with van der Waals surface area (Å²) in [5.41, 5.74) is 2.20. The number of methoxy groups -OCH3 is 2. The van der Waals surface area contributed by atoms with Crippen LogP contribution < -0.4 is 9.47 Å². The molecule has 0 saturated carbocycles. The largest absolute Gasteiger partial charge is 0.497 e. The first-order valence-electron chi connectivity index (χ1n) is 11.0. The van der Waals surface area contributed by atoms with E-state index < -0.39 is 12.2 Å². The molecule has 0 bridgehead atoms. The molecule has 0 fully saturated rings. The number of benzene rings is 3. The van der Waals surface area contributed by atoms with E-state index in [-0.39, 0.29) is 6.79 Å². The van der Waals surface area contributed by atoms with Crippen LogP contribution >= 0.6 is 11.8 Å². The van der Waals surface area contributed by atoms with Crippen LogP contribution in [-0.2, 0) is 11.8 Å². The molecule has 4 aromatic rings. The average molecular weight is 493 g/mol. The number of hydrogen-bond donors (Lipinski definition) is 2. The van der Waals surface area contributed by atoms with Crippen LogP contribution in [-0.4, -0.2) is 40.8 Å². The Bertz CT molecular complexity index is 1230. The molecule has 0 aliphatic carbocycles. The van der Waals surface area contributed by atoms with Crippen LogP contribution in [0, 0.1) is 0 Å². The highest BCUT2D eigenvalue weighted by atomic mass is 32.2. The maximum Gasteiger partial charge on any atom is 0.188 e. The minimum absolute atomic E-state index is 0.141. The van der Waals surface area contributed by atoms with E-state index in [0.717, 1.165) is 4.90 Å². The molecule has 3 aromatic carbocycles. The van der Waals surface area contributed by atoms with E-state index in [1.165, 1.54) is 11.8 Å². The van der Waals surface area contributed by atoms with Crippen LogP contribution in [0.25, 0.3) is 0 Å². The van der Waals surface area contributed by atoms with Gasteiger partial charge in [-0.2, -0.15) is 0 Å². The Labute approximate surface area is 208 Å². The molecule has 0 radical (unpaired) electrons. The number of aliphatic hydroxyl groups excluding tert-OH is 2. The Balaban J connectivity index is 1.72. The molecule has 35 heavy (non-hydrogen) atoms. The second-order valence-electron chi connectivity index (χ2n) is 7.84. The average Bonchev–Trinajstić information content (AvgIpc) is 3.23. The molecule has 0 saturated heterocycles. The Morgan fingerprint density at radius 3 is 2.03 bits per heavy atom. The van der Waals surface area contributed by atoms with Gasteiger partial charge in [0.25, 0.3) is 0 Å². The van der Waals surface area contributed by atoms with Gasteiger partial charge in [0.05, 0.1) is 18.5 Å². The van der Waals surface area contributed by atoms with Crippen LogP contribution in [0.2, 0.25) is 0 Å². The number of ether oxygens (including phenoxy) is 3. The van der Waals surface area contributed by atoms with Crippen LogP contribution in [0.4, 0.5) is 0 Å². The zero-order valence-corrected chi connectivity index (χ0v) is 20.6. The van der Waals surface area contributed by atoms with Crippen molar-refractivity contribution >= 4 is 11.8 Å². The van der Waals surface area contributed by atoms with Crippen LogP contribution in [0.1, 0.15) is 34.7 Å². The number of rotatable bonds is 10. The van der Waals surface area contributed by atoms with Gasteiger partial charge in [-0.1, -0.05) is 54.2 Å². The summed E-state index contributed by atoms with van der Waals surface area (Å²) in [5, 5.41) is 23.4. The van der Waals surface area contributed by atoms with Gasteiger partial charge in [0.2, 0.25) is 0 Å². The third-order valence-electron chi connectivity index (χ3n) is 5.57. The van der Waals surface area contributed by atoms with E-state index >= 15 is 0 Å². The number of aromatic nitrogens is 2. The van der Waals surface area contributed by atoms with E-state index in [1.54, 1.807) is 62.8 Å². The van der Waals surface area contributed by atoms with Crippen LogP contribution in [0.15, 0.2) is 88.9 Å². The van der Waals surface area contributed by atoms with Crippen molar-refractivity contribution in [2.24, 2.45) is 7.05 Å². The Kier molecular flexibility index (Phi) is 8.09. The third kappa shape index (κ3) is 5.68. The van der Waals surface area contributed by atoms with E-state index in [1.807, 2.05) is 41.9 Å². The van der Waals surface area contributed by atoms with Gasteiger partial charge in [0.1, 0.15) is 23.7 Å². The zero-order valence-electron chi connectivity index (χ0n) is 19.8. The van der Waals surface area contributed by atoms with Gasteiger partial charge in [0.15, 0.2) is 11.9 Å². The summed E-state index contributed by atoms with van der Waals surface area (Å²) in [7, 11) is 5.00. The third-order valence-corrected chi connectivity index (χ3v) is 6.62. The van der Waals surface area contributed by atoms with E-state index in [2.05, 4.69) is 0 Å². The van der Waals surface area contributed by atoms with Gasteiger partial charge in [-0.3, -0.25) is 0 Å². The molecule has 0 aliphatic heterocycles. The van der Waals surface area contributed by atoms with Gasteiger partial charge in [-0.15, -0.1) is 0 Å². The summed E-state index contributed by atoms with van der Waals surface area (Å²) in [4.78, 5) is 5.78. The maximum absolute atomic E-state index is 11.4. The molecule has 4 rings (SSSR count). The summed E-state index contributed by atoms with van der Waals surface area (Å²) in [6.07, 6.45) is -2.05. The van der Waals surface area contributed by atoms with Gasteiger partial charge in [0, 0.05) is 19.1 Å². The molecule has 8 heteroatoms. The van der Waals surface area contributed by atoms with Gasteiger partial charge in [-0.25, -0.2) is 4.98 Å². The zero-order chi connectivity index (χ0) is 24.8. The minimum atomic E-state index is -1.04. The summed E-state index contributed by atoms with van der Waals surface area (Å²) < 4.78 is 17.5. The SMILES string of the molecule is COCOc1ccc(C(O)c2c(C(O)c3ccc(OC)cc3)nc(Sc3ccccc3)n2C)cc1. The maximum atomic E-state index is 11.4. The summed E-state index contributed by atoms with van der Waals surface area (Å²) >= 11 is 1.47. The molecule has 2 N–H and O–H groups in total. The molecule has 182 valence electrons. The molecule has 1 aromatic heterocycles. The fourth-order valence-corrected chi connectivity index (χ4v) is 4.58. The first-order valence-corrected chi connectivity index (χ1v) is 11.8. The quantitative estimate of drug-likeness (QED) is 0.310. The van der Waals surface area contributed by atoms with Gasteiger partial charge in [-0.05, 0) is 47.5 Å². The molecule has 2 atom stereocenters. The first-order chi connectivity index (χ1) is 17.0. The Morgan fingerprint density at radius 1 is 0.829 bits per heavy atom. The lowest BCUT2D eigenvalue weighted by atomic mass is 9.99. The Hall–Kier alpha value is -3.30. The molecule has 2 unspecified atom stereocenters. The van der Waals surface area contributed by atoms with Crippen molar-refractivity contribution in [2.75, 3.05) is 21.0 Å². The lowest BCUT2D eigenvalue weighted by Crippen LogP contribution is -2.12.